The number of aliphatic hydroxyl groups excluding tert-OH is 1. The summed E-state index contributed by atoms with van der Waals surface area (Å²) in [5, 5.41) is 14.3. The highest BCUT2D eigenvalue weighted by Crippen LogP contribution is 2.18. The molecular weight excluding hydrogens is 252 g/mol. The third-order valence-electron chi connectivity index (χ3n) is 3.35. The quantitative estimate of drug-likeness (QED) is 0.846. The Bertz CT molecular complexity index is 480. The minimum absolute atomic E-state index is 0.0391. The molecule has 100 valence electrons. The van der Waals surface area contributed by atoms with Gasteiger partial charge in [0.15, 0.2) is 0 Å². The van der Waals surface area contributed by atoms with E-state index in [0.29, 0.717) is 0 Å². The summed E-state index contributed by atoms with van der Waals surface area (Å²) < 4.78 is 1.45. The monoisotopic (exact) mass is 270 g/mol. The highest BCUT2D eigenvalue weighted by molar-refractivity contribution is 7.07. The first-order chi connectivity index (χ1) is 8.58. The summed E-state index contributed by atoms with van der Waals surface area (Å²) in [6, 6.07) is -0.166. The molecule has 1 aromatic heterocycles. The van der Waals surface area contributed by atoms with Crippen molar-refractivity contribution in [3.63, 3.8) is 0 Å². The number of hydrogen-bond donors (Lipinski definition) is 2. The molecule has 0 aliphatic heterocycles. The summed E-state index contributed by atoms with van der Waals surface area (Å²) in [7, 11) is 0. The molecule has 2 atom stereocenters. The minimum atomic E-state index is -0.456. The van der Waals surface area contributed by atoms with Crippen LogP contribution < -0.4 is 10.2 Å². The summed E-state index contributed by atoms with van der Waals surface area (Å²) in [5.74, 6) is -0.204. The van der Waals surface area contributed by atoms with E-state index in [1.54, 1.807) is 12.3 Å². The summed E-state index contributed by atoms with van der Waals surface area (Å²) in [6.07, 6.45) is 3.13. The molecule has 1 amide bonds. The fourth-order valence-corrected chi connectivity index (χ4v) is 3.01. The van der Waals surface area contributed by atoms with Crippen LogP contribution in [0.5, 0.6) is 0 Å². The molecule has 1 heterocycles. The van der Waals surface area contributed by atoms with Gasteiger partial charge in [-0.3, -0.25) is 14.2 Å². The Labute approximate surface area is 109 Å². The second kappa shape index (κ2) is 5.67. The molecule has 1 aliphatic carbocycles. The molecular formula is C12H18N2O3S. The number of rotatable bonds is 3. The van der Waals surface area contributed by atoms with E-state index < -0.39 is 6.10 Å². The largest absolute Gasteiger partial charge is 0.391 e. The molecule has 1 aliphatic rings. The van der Waals surface area contributed by atoms with Crippen LogP contribution in [-0.4, -0.2) is 27.7 Å². The number of amides is 1. The fourth-order valence-electron chi connectivity index (χ4n) is 2.27. The number of aromatic nitrogens is 1. The molecule has 0 aromatic carbocycles. The summed E-state index contributed by atoms with van der Waals surface area (Å²) in [6.45, 7) is 1.85. The van der Waals surface area contributed by atoms with E-state index in [2.05, 4.69) is 5.32 Å². The van der Waals surface area contributed by atoms with E-state index in [9.17, 15) is 14.7 Å². The number of hydrogen-bond acceptors (Lipinski definition) is 4. The maximum atomic E-state index is 11.9. The number of thiazole rings is 1. The van der Waals surface area contributed by atoms with Crippen molar-refractivity contribution in [1.82, 2.24) is 9.88 Å². The van der Waals surface area contributed by atoms with E-state index in [1.165, 1.54) is 4.57 Å². The standard InChI is InChI=1S/C12H18N2O3S/c1-8-7-18-12(17)14(8)6-11(16)13-9-4-2-3-5-10(9)15/h7,9-10,15H,2-6H2,1H3,(H,13,16). The lowest BCUT2D eigenvalue weighted by atomic mass is 9.92. The molecule has 5 nitrogen and oxygen atoms in total. The predicted octanol–water partition coefficient (Wildman–Crippen LogP) is 0.638. The van der Waals surface area contributed by atoms with Crippen molar-refractivity contribution in [2.75, 3.05) is 0 Å². The first kappa shape index (κ1) is 13.3. The molecule has 0 bridgehead atoms. The zero-order valence-electron chi connectivity index (χ0n) is 10.4. The first-order valence-electron chi connectivity index (χ1n) is 6.20. The predicted molar refractivity (Wildman–Crippen MR) is 69.7 cm³/mol. The molecule has 18 heavy (non-hydrogen) atoms. The van der Waals surface area contributed by atoms with Crippen LogP contribution in [0.25, 0.3) is 0 Å². The van der Waals surface area contributed by atoms with Crippen LogP contribution in [-0.2, 0) is 11.3 Å². The SMILES string of the molecule is Cc1csc(=O)n1CC(=O)NC1CCCCC1O. The Hall–Kier alpha value is -1.14. The maximum absolute atomic E-state index is 11.9. The van der Waals surface area contributed by atoms with Crippen molar-refractivity contribution in [1.29, 1.82) is 0 Å². The summed E-state index contributed by atoms with van der Waals surface area (Å²) in [4.78, 5) is 23.2. The topological polar surface area (TPSA) is 71.3 Å². The molecule has 2 unspecified atom stereocenters. The van der Waals surface area contributed by atoms with Gasteiger partial charge in [-0.25, -0.2) is 0 Å². The van der Waals surface area contributed by atoms with E-state index in [4.69, 9.17) is 0 Å². The molecule has 0 saturated heterocycles. The smallest absolute Gasteiger partial charge is 0.307 e. The zero-order valence-corrected chi connectivity index (χ0v) is 11.2. The first-order valence-corrected chi connectivity index (χ1v) is 7.08. The van der Waals surface area contributed by atoms with Crippen LogP contribution in [0.2, 0.25) is 0 Å². The number of aliphatic hydroxyl groups is 1. The highest BCUT2D eigenvalue weighted by atomic mass is 32.1. The normalized spacial score (nSPS) is 23.9. The molecule has 0 radical (unpaired) electrons. The Morgan fingerprint density at radius 1 is 1.56 bits per heavy atom. The van der Waals surface area contributed by atoms with E-state index >= 15 is 0 Å². The Kier molecular flexibility index (Phi) is 4.19. The second-order valence-corrected chi connectivity index (χ2v) is 5.58. The van der Waals surface area contributed by atoms with Gasteiger partial charge in [0.05, 0.1) is 12.1 Å². The molecule has 1 fully saturated rings. The van der Waals surface area contributed by atoms with Crippen molar-refractivity contribution < 1.29 is 9.90 Å². The van der Waals surface area contributed by atoms with Crippen LogP contribution in [0.15, 0.2) is 10.2 Å². The van der Waals surface area contributed by atoms with Crippen LogP contribution in [0.4, 0.5) is 0 Å². The number of carbonyl (C=O) groups is 1. The van der Waals surface area contributed by atoms with E-state index in [-0.39, 0.29) is 23.4 Å². The molecule has 1 saturated carbocycles. The highest BCUT2D eigenvalue weighted by Gasteiger charge is 2.24. The van der Waals surface area contributed by atoms with Crippen molar-refractivity contribution in [2.45, 2.75) is 51.3 Å². The van der Waals surface area contributed by atoms with Gasteiger partial charge in [0.1, 0.15) is 6.54 Å². The number of aryl methyl sites for hydroxylation is 1. The maximum Gasteiger partial charge on any atom is 0.307 e. The molecule has 1 aromatic rings. The van der Waals surface area contributed by atoms with Gasteiger partial charge in [-0.05, 0) is 19.8 Å². The average molecular weight is 270 g/mol. The zero-order chi connectivity index (χ0) is 13.1. The summed E-state index contributed by atoms with van der Waals surface area (Å²) >= 11 is 1.10. The molecule has 2 N–H and O–H groups in total. The van der Waals surface area contributed by atoms with Gasteiger partial charge in [0, 0.05) is 11.1 Å². The van der Waals surface area contributed by atoms with Crippen LogP contribution in [0.3, 0.4) is 0 Å². The summed E-state index contributed by atoms with van der Waals surface area (Å²) in [5.41, 5.74) is 0.796. The van der Waals surface area contributed by atoms with Gasteiger partial charge in [0.25, 0.3) is 0 Å². The third kappa shape index (κ3) is 3.00. The number of carbonyl (C=O) groups excluding carboxylic acids is 1. The van der Waals surface area contributed by atoms with Crippen LogP contribution in [0.1, 0.15) is 31.4 Å². The Balaban J connectivity index is 1.94. The third-order valence-corrected chi connectivity index (χ3v) is 4.24. The average Bonchev–Trinajstić information content (AvgIpc) is 2.64. The van der Waals surface area contributed by atoms with Crippen molar-refractivity contribution in [3.8, 4) is 0 Å². The van der Waals surface area contributed by atoms with Crippen molar-refractivity contribution in [3.05, 3.63) is 20.7 Å². The molecule has 6 heteroatoms. The van der Waals surface area contributed by atoms with Crippen molar-refractivity contribution in [2.24, 2.45) is 0 Å². The van der Waals surface area contributed by atoms with Gasteiger partial charge in [-0.1, -0.05) is 24.2 Å². The van der Waals surface area contributed by atoms with Gasteiger partial charge in [-0.15, -0.1) is 0 Å². The van der Waals surface area contributed by atoms with Gasteiger partial charge < -0.3 is 10.4 Å². The van der Waals surface area contributed by atoms with Crippen LogP contribution >= 0.6 is 11.3 Å². The van der Waals surface area contributed by atoms with E-state index in [1.807, 2.05) is 0 Å². The number of nitrogens with one attached hydrogen (secondary N) is 1. The van der Waals surface area contributed by atoms with Crippen LogP contribution in [0, 0.1) is 6.92 Å². The van der Waals surface area contributed by atoms with E-state index in [0.717, 1.165) is 42.7 Å². The minimum Gasteiger partial charge on any atom is -0.391 e. The lowest BCUT2D eigenvalue weighted by Gasteiger charge is -2.28. The number of nitrogens with zero attached hydrogens (tertiary/aromatic N) is 1. The second-order valence-electron chi connectivity index (χ2n) is 4.75. The van der Waals surface area contributed by atoms with Gasteiger partial charge in [0.2, 0.25) is 5.91 Å². The fraction of sp³-hybridized carbons (Fsp3) is 0.667. The van der Waals surface area contributed by atoms with Crippen molar-refractivity contribution >= 4 is 17.2 Å². The van der Waals surface area contributed by atoms with Gasteiger partial charge >= 0.3 is 4.87 Å². The lowest BCUT2D eigenvalue weighted by molar-refractivity contribution is -0.123. The Morgan fingerprint density at radius 3 is 2.89 bits per heavy atom. The molecule has 0 spiro atoms. The molecule has 2 rings (SSSR count). The lowest BCUT2D eigenvalue weighted by Crippen LogP contribution is -2.46. The van der Waals surface area contributed by atoms with Gasteiger partial charge in [-0.2, -0.15) is 0 Å². The Morgan fingerprint density at radius 2 is 2.28 bits per heavy atom.